The van der Waals surface area contributed by atoms with Crippen LogP contribution in [0.4, 0.5) is 4.39 Å². The molecule has 0 saturated carbocycles. The van der Waals surface area contributed by atoms with Crippen molar-refractivity contribution in [3.63, 3.8) is 0 Å². The molecule has 0 aliphatic carbocycles. The predicted molar refractivity (Wildman–Crippen MR) is 76.3 cm³/mol. The van der Waals surface area contributed by atoms with Crippen molar-refractivity contribution in [2.45, 2.75) is 12.6 Å². The summed E-state index contributed by atoms with van der Waals surface area (Å²) in [4.78, 5) is 2.11. The lowest BCUT2D eigenvalue weighted by Gasteiger charge is -2.14. The van der Waals surface area contributed by atoms with Crippen LogP contribution in [0.15, 0.2) is 48.5 Å². The van der Waals surface area contributed by atoms with Crippen LogP contribution >= 0.6 is 0 Å². The molecule has 2 aromatic rings. The number of rotatable bonds is 4. The Labute approximate surface area is 113 Å². The minimum atomic E-state index is -0.288. The third-order valence-electron chi connectivity index (χ3n) is 3.05. The third kappa shape index (κ3) is 3.63. The van der Waals surface area contributed by atoms with Gasteiger partial charge < -0.3 is 10.6 Å². The SMILES string of the molecule is CN(C)Cc1ccc(C(N)c2cccc(F)c2)cc1. The first-order valence-corrected chi connectivity index (χ1v) is 6.31. The molecule has 0 bridgehead atoms. The second-order valence-corrected chi connectivity index (χ2v) is 5.01. The molecule has 0 aromatic heterocycles. The maximum absolute atomic E-state index is 13.2. The van der Waals surface area contributed by atoms with Crippen molar-refractivity contribution in [3.05, 3.63) is 71.0 Å². The van der Waals surface area contributed by atoms with Gasteiger partial charge in [0.25, 0.3) is 0 Å². The summed E-state index contributed by atoms with van der Waals surface area (Å²) in [6.45, 7) is 0.898. The zero-order valence-electron chi connectivity index (χ0n) is 11.3. The number of hydrogen-bond acceptors (Lipinski definition) is 2. The van der Waals surface area contributed by atoms with Crippen LogP contribution in [0.2, 0.25) is 0 Å². The van der Waals surface area contributed by atoms with Gasteiger partial charge in [0.1, 0.15) is 5.82 Å². The van der Waals surface area contributed by atoms with Gasteiger partial charge in [-0.3, -0.25) is 0 Å². The molecule has 1 unspecified atom stereocenters. The topological polar surface area (TPSA) is 29.3 Å². The molecule has 0 spiro atoms. The van der Waals surface area contributed by atoms with Crippen molar-refractivity contribution in [1.82, 2.24) is 4.90 Å². The number of nitrogens with two attached hydrogens (primary N) is 1. The third-order valence-corrected chi connectivity index (χ3v) is 3.05. The predicted octanol–water partition coefficient (Wildman–Crippen LogP) is 2.94. The fourth-order valence-corrected chi connectivity index (χ4v) is 2.09. The van der Waals surface area contributed by atoms with Crippen LogP contribution in [-0.4, -0.2) is 19.0 Å². The molecule has 0 aliphatic rings. The van der Waals surface area contributed by atoms with Gasteiger partial charge >= 0.3 is 0 Å². The van der Waals surface area contributed by atoms with Gasteiger partial charge in [-0.2, -0.15) is 0 Å². The standard InChI is InChI=1S/C16H19FN2/c1-19(2)11-12-6-8-13(9-7-12)16(18)14-4-3-5-15(17)10-14/h3-10,16H,11,18H2,1-2H3. The highest BCUT2D eigenvalue weighted by atomic mass is 19.1. The Bertz CT molecular complexity index is 535. The molecule has 0 heterocycles. The summed E-state index contributed by atoms with van der Waals surface area (Å²) in [7, 11) is 4.07. The molecule has 2 rings (SSSR count). The summed E-state index contributed by atoms with van der Waals surface area (Å²) in [6.07, 6.45) is 0. The smallest absolute Gasteiger partial charge is 0.123 e. The number of nitrogens with zero attached hydrogens (tertiary/aromatic N) is 1. The van der Waals surface area contributed by atoms with E-state index in [2.05, 4.69) is 17.0 Å². The van der Waals surface area contributed by atoms with Gasteiger partial charge in [-0.25, -0.2) is 4.39 Å². The van der Waals surface area contributed by atoms with Crippen molar-refractivity contribution < 1.29 is 4.39 Å². The van der Waals surface area contributed by atoms with E-state index in [1.807, 2.05) is 32.3 Å². The Morgan fingerprint density at radius 2 is 1.74 bits per heavy atom. The average Bonchev–Trinajstić information content (AvgIpc) is 2.38. The second kappa shape index (κ2) is 5.95. The van der Waals surface area contributed by atoms with E-state index in [0.717, 1.165) is 17.7 Å². The van der Waals surface area contributed by atoms with E-state index in [4.69, 9.17) is 5.73 Å². The molecule has 2 N–H and O–H groups in total. The summed E-state index contributed by atoms with van der Waals surface area (Å²) in [6, 6.07) is 14.3. The first-order chi connectivity index (χ1) is 9.06. The van der Waals surface area contributed by atoms with E-state index in [1.165, 1.54) is 17.7 Å². The van der Waals surface area contributed by atoms with Crippen LogP contribution in [0, 0.1) is 5.82 Å². The van der Waals surface area contributed by atoms with E-state index in [9.17, 15) is 4.39 Å². The van der Waals surface area contributed by atoms with Gasteiger partial charge in [0, 0.05) is 6.54 Å². The largest absolute Gasteiger partial charge is 0.320 e. The van der Waals surface area contributed by atoms with Crippen LogP contribution < -0.4 is 5.73 Å². The lowest BCUT2D eigenvalue weighted by Crippen LogP contribution is -2.13. The van der Waals surface area contributed by atoms with Gasteiger partial charge in [-0.05, 0) is 42.9 Å². The summed E-state index contributed by atoms with van der Waals surface area (Å²) < 4.78 is 13.2. The first-order valence-electron chi connectivity index (χ1n) is 6.31. The maximum atomic E-state index is 13.2. The normalized spacial score (nSPS) is 12.7. The number of hydrogen-bond donors (Lipinski definition) is 1. The second-order valence-electron chi connectivity index (χ2n) is 5.01. The van der Waals surface area contributed by atoms with Crippen LogP contribution in [-0.2, 0) is 6.54 Å². The zero-order valence-corrected chi connectivity index (χ0v) is 11.3. The molecule has 1 atom stereocenters. The molecular formula is C16H19FN2. The Hall–Kier alpha value is -1.71. The highest BCUT2D eigenvalue weighted by Gasteiger charge is 2.09. The van der Waals surface area contributed by atoms with Gasteiger partial charge in [0.15, 0.2) is 0 Å². The molecule has 3 heteroatoms. The fourth-order valence-electron chi connectivity index (χ4n) is 2.09. The van der Waals surface area contributed by atoms with Crippen LogP contribution in [0.25, 0.3) is 0 Å². The van der Waals surface area contributed by atoms with E-state index >= 15 is 0 Å². The lowest BCUT2D eigenvalue weighted by atomic mass is 9.98. The minimum absolute atomic E-state index is 0.253. The number of benzene rings is 2. The summed E-state index contributed by atoms with van der Waals surface area (Å²) in [5.74, 6) is -0.253. The molecule has 0 aliphatic heterocycles. The Balaban J connectivity index is 2.17. The molecular weight excluding hydrogens is 239 g/mol. The van der Waals surface area contributed by atoms with E-state index in [1.54, 1.807) is 6.07 Å². The van der Waals surface area contributed by atoms with Crippen molar-refractivity contribution in [2.24, 2.45) is 5.73 Å². The van der Waals surface area contributed by atoms with Crippen LogP contribution in [0.3, 0.4) is 0 Å². The van der Waals surface area contributed by atoms with Crippen LogP contribution in [0.5, 0.6) is 0 Å². The summed E-state index contributed by atoms with van der Waals surface area (Å²) in [5, 5.41) is 0. The molecule has 100 valence electrons. The van der Waals surface area contributed by atoms with E-state index < -0.39 is 0 Å². The fraction of sp³-hybridized carbons (Fsp3) is 0.250. The molecule has 2 aromatic carbocycles. The van der Waals surface area contributed by atoms with E-state index in [0.29, 0.717) is 0 Å². The highest BCUT2D eigenvalue weighted by molar-refractivity contribution is 5.33. The lowest BCUT2D eigenvalue weighted by molar-refractivity contribution is 0.402. The number of halogens is 1. The minimum Gasteiger partial charge on any atom is -0.320 e. The van der Waals surface area contributed by atoms with Gasteiger partial charge in [0.05, 0.1) is 6.04 Å². The van der Waals surface area contributed by atoms with Crippen molar-refractivity contribution in [3.8, 4) is 0 Å². The highest BCUT2D eigenvalue weighted by Crippen LogP contribution is 2.20. The Morgan fingerprint density at radius 3 is 2.32 bits per heavy atom. The Morgan fingerprint density at radius 1 is 1.05 bits per heavy atom. The molecule has 2 nitrogen and oxygen atoms in total. The zero-order chi connectivity index (χ0) is 13.8. The quantitative estimate of drug-likeness (QED) is 0.913. The molecule has 0 radical (unpaired) electrons. The van der Waals surface area contributed by atoms with Crippen molar-refractivity contribution in [1.29, 1.82) is 0 Å². The average molecular weight is 258 g/mol. The molecule has 0 saturated heterocycles. The van der Waals surface area contributed by atoms with Gasteiger partial charge in [0.2, 0.25) is 0 Å². The van der Waals surface area contributed by atoms with Crippen molar-refractivity contribution >= 4 is 0 Å². The Kier molecular flexibility index (Phi) is 4.30. The maximum Gasteiger partial charge on any atom is 0.123 e. The van der Waals surface area contributed by atoms with Gasteiger partial charge in [-0.15, -0.1) is 0 Å². The molecule has 0 amide bonds. The van der Waals surface area contributed by atoms with E-state index in [-0.39, 0.29) is 11.9 Å². The first kappa shape index (κ1) is 13.7. The van der Waals surface area contributed by atoms with Crippen LogP contribution in [0.1, 0.15) is 22.7 Å². The van der Waals surface area contributed by atoms with Gasteiger partial charge in [-0.1, -0.05) is 36.4 Å². The molecule has 19 heavy (non-hydrogen) atoms. The molecule has 0 fully saturated rings. The van der Waals surface area contributed by atoms with Crippen molar-refractivity contribution in [2.75, 3.05) is 14.1 Å². The summed E-state index contributed by atoms with van der Waals surface area (Å²) in [5.41, 5.74) is 9.18. The monoisotopic (exact) mass is 258 g/mol. The summed E-state index contributed by atoms with van der Waals surface area (Å²) >= 11 is 0.